The number of thiophene rings is 1. The summed E-state index contributed by atoms with van der Waals surface area (Å²) >= 11 is 6.87. The Morgan fingerprint density at radius 2 is 2.03 bits per heavy atom. The standard InChI is InChI=1S/C16H17ClN6O4S2/c1-22-7-6-11(21-22)15-19-20-16(27-15)18-14(24)10-4-8-23(9-5-10)29(25,26)13-3-2-12(17)28-13/h2-3,6-7,10H,4-5,8-9H2,1H3,(H,18,20,24). The van der Waals surface area contributed by atoms with Crippen molar-refractivity contribution in [3.05, 3.63) is 28.7 Å². The van der Waals surface area contributed by atoms with Crippen LogP contribution in [-0.2, 0) is 21.9 Å². The normalized spacial score (nSPS) is 16.2. The molecule has 0 aliphatic carbocycles. The summed E-state index contributed by atoms with van der Waals surface area (Å²) in [5.74, 6) is -0.424. The van der Waals surface area contributed by atoms with Gasteiger partial charge in [-0.2, -0.15) is 9.40 Å². The molecule has 0 atom stereocenters. The zero-order valence-electron chi connectivity index (χ0n) is 15.3. The van der Waals surface area contributed by atoms with Gasteiger partial charge in [-0.3, -0.25) is 14.8 Å². The summed E-state index contributed by atoms with van der Waals surface area (Å²) in [7, 11) is -1.82. The van der Waals surface area contributed by atoms with Crippen LogP contribution in [0.15, 0.2) is 33.0 Å². The minimum Gasteiger partial charge on any atom is -0.401 e. The average Bonchev–Trinajstić information content (AvgIpc) is 3.43. The van der Waals surface area contributed by atoms with Crippen molar-refractivity contribution in [3.63, 3.8) is 0 Å². The number of nitrogens with one attached hydrogen (secondary N) is 1. The first-order chi connectivity index (χ1) is 13.8. The van der Waals surface area contributed by atoms with E-state index in [0.717, 1.165) is 11.3 Å². The Kier molecular flexibility index (Phi) is 5.42. The van der Waals surface area contributed by atoms with Gasteiger partial charge in [-0.1, -0.05) is 16.7 Å². The van der Waals surface area contributed by atoms with Crippen LogP contribution in [0, 0.1) is 5.92 Å². The smallest absolute Gasteiger partial charge is 0.322 e. The second kappa shape index (κ2) is 7.86. The Morgan fingerprint density at radius 3 is 2.66 bits per heavy atom. The van der Waals surface area contributed by atoms with Crippen LogP contribution in [0.1, 0.15) is 12.8 Å². The topological polar surface area (TPSA) is 123 Å². The fraction of sp³-hybridized carbons (Fsp3) is 0.375. The van der Waals surface area contributed by atoms with Gasteiger partial charge in [0.2, 0.25) is 5.91 Å². The molecule has 0 saturated carbocycles. The second-order valence-corrected chi connectivity index (χ2v) is 10.4. The molecule has 1 aliphatic rings. The van der Waals surface area contributed by atoms with Crippen LogP contribution in [0.4, 0.5) is 6.01 Å². The zero-order valence-corrected chi connectivity index (χ0v) is 17.7. The third kappa shape index (κ3) is 4.20. The minimum atomic E-state index is -3.59. The number of aryl methyl sites for hydroxylation is 1. The van der Waals surface area contributed by atoms with E-state index >= 15 is 0 Å². The zero-order chi connectivity index (χ0) is 20.6. The van der Waals surface area contributed by atoms with E-state index in [2.05, 4.69) is 20.6 Å². The number of aromatic nitrogens is 4. The van der Waals surface area contributed by atoms with Crippen LogP contribution in [0.5, 0.6) is 0 Å². The molecular weight excluding hydrogens is 440 g/mol. The molecule has 0 bridgehead atoms. The lowest BCUT2D eigenvalue weighted by molar-refractivity contribution is -0.121. The molecular formula is C16H17ClN6O4S2. The highest BCUT2D eigenvalue weighted by atomic mass is 35.5. The molecule has 4 heterocycles. The molecule has 10 nitrogen and oxygen atoms in total. The van der Waals surface area contributed by atoms with Crippen LogP contribution in [0.25, 0.3) is 11.6 Å². The van der Waals surface area contributed by atoms with E-state index in [1.165, 1.54) is 10.4 Å². The van der Waals surface area contributed by atoms with Gasteiger partial charge in [0.05, 0.1) is 4.34 Å². The number of rotatable bonds is 5. The predicted molar refractivity (Wildman–Crippen MR) is 106 cm³/mol. The van der Waals surface area contributed by atoms with Gasteiger partial charge in [-0.05, 0) is 31.0 Å². The molecule has 3 aromatic heterocycles. The molecule has 0 unspecified atom stereocenters. The van der Waals surface area contributed by atoms with E-state index in [4.69, 9.17) is 16.0 Å². The first-order valence-electron chi connectivity index (χ1n) is 8.73. The number of halogens is 1. The monoisotopic (exact) mass is 456 g/mol. The fourth-order valence-electron chi connectivity index (χ4n) is 3.04. The summed E-state index contributed by atoms with van der Waals surface area (Å²) in [4.78, 5) is 12.5. The van der Waals surface area contributed by atoms with Crippen LogP contribution in [0.3, 0.4) is 0 Å². The van der Waals surface area contributed by atoms with Crippen molar-refractivity contribution < 1.29 is 17.6 Å². The lowest BCUT2D eigenvalue weighted by Gasteiger charge is -2.29. The first-order valence-corrected chi connectivity index (χ1v) is 11.4. The van der Waals surface area contributed by atoms with E-state index in [1.807, 2.05) is 0 Å². The number of sulfonamides is 1. The molecule has 3 aromatic rings. The highest BCUT2D eigenvalue weighted by Crippen LogP contribution is 2.31. The fourth-order valence-corrected chi connectivity index (χ4v) is 6.14. The molecule has 1 amide bonds. The van der Waals surface area contributed by atoms with Gasteiger partial charge >= 0.3 is 6.01 Å². The van der Waals surface area contributed by atoms with Crippen molar-refractivity contribution in [2.24, 2.45) is 13.0 Å². The van der Waals surface area contributed by atoms with E-state index in [9.17, 15) is 13.2 Å². The number of amides is 1. The van der Waals surface area contributed by atoms with Gasteiger partial charge < -0.3 is 4.42 Å². The van der Waals surface area contributed by atoms with Crippen molar-refractivity contribution in [2.75, 3.05) is 18.4 Å². The summed E-state index contributed by atoms with van der Waals surface area (Å²) in [6.45, 7) is 0.498. The summed E-state index contributed by atoms with van der Waals surface area (Å²) in [6.07, 6.45) is 2.53. The summed E-state index contributed by atoms with van der Waals surface area (Å²) < 4.78 is 34.3. The molecule has 1 aliphatic heterocycles. The number of hydrogen-bond donors (Lipinski definition) is 1. The second-order valence-electron chi connectivity index (χ2n) is 6.51. The Labute approximate surface area is 175 Å². The van der Waals surface area contributed by atoms with Crippen molar-refractivity contribution >= 4 is 44.9 Å². The van der Waals surface area contributed by atoms with E-state index in [1.54, 1.807) is 30.1 Å². The quantitative estimate of drug-likeness (QED) is 0.624. The maximum Gasteiger partial charge on any atom is 0.322 e. The van der Waals surface area contributed by atoms with Crippen molar-refractivity contribution in [3.8, 4) is 11.6 Å². The van der Waals surface area contributed by atoms with Crippen molar-refractivity contribution in [2.45, 2.75) is 17.1 Å². The molecule has 13 heteroatoms. The van der Waals surface area contributed by atoms with Gasteiger partial charge in [0, 0.05) is 32.3 Å². The molecule has 4 rings (SSSR count). The number of hydrogen-bond acceptors (Lipinski definition) is 8. The molecule has 0 radical (unpaired) electrons. The third-order valence-corrected chi connectivity index (χ3v) is 8.15. The van der Waals surface area contributed by atoms with Crippen LogP contribution in [-0.4, -0.2) is 51.7 Å². The number of anilines is 1. The lowest BCUT2D eigenvalue weighted by Crippen LogP contribution is -2.41. The largest absolute Gasteiger partial charge is 0.401 e. The Hall–Kier alpha value is -2.28. The minimum absolute atomic E-state index is 0.0149. The summed E-state index contributed by atoms with van der Waals surface area (Å²) in [5.41, 5.74) is 0.507. The van der Waals surface area contributed by atoms with Gasteiger partial charge in [-0.15, -0.1) is 16.4 Å². The molecule has 29 heavy (non-hydrogen) atoms. The van der Waals surface area contributed by atoms with Crippen LogP contribution in [0.2, 0.25) is 4.34 Å². The van der Waals surface area contributed by atoms with Crippen molar-refractivity contribution in [1.82, 2.24) is 24.3 Å². The maximum absolute atomic E-state index is 12.6. The number of carbonyl (C=O) groups is 1. The van der Waals surface area contributed by atoms with Gasteiger partial charge in [0.1, 0.15) is 9.90 Å². The summed E-state index contributed by atoms with van der Waals surface area (Å²) in [5, 5.41) is 14.5. The average molecular weight is 457 g/mol. The molecule has 1 N–H and O–H groups in total. The Morgan fingerprint density at radius 1 is 1.28 bits per heavy atom. The molecule has 154 valence electrons. The van der Waals surface area contributed by atoms with Crippen molar-refractivity contribution in [1.29, 1.82) is 0 Å². The molecule has 1 saturated heterocycles. The predicted octanol–water partition coefficient (Wildman–Crippen LogP) is 2.22. The number of piperidine rings is 1. The van der Waals surface area contributed by atoms with E-state index in [-0.39, 0.29) is 41.0 Å². The third-order valence-electron chi connectivity index (χ3n) is 4.56. The lowest BCUT2D eigenvalue weighted by atomic mass is 9.97. The van der Waals surface area contributed by atoms with E-state index < -0.39 is 10.0 Å². The molecule has 0 aromatic carbocycles. The van der Waals surface area contributed by atoms with Gasteiger partial charge in [-0.25, -0.2) is 8.42 Å². The highest BCUT2D eigenvalue weighted by Gasteiger charge is 2.33. The Bertz CT molecular complexity index is 1130. The van der Waals surface area contributed by atoms with E-state index in [0.29, 0.717) is 22.9 Å². The molecule has 1 fully saturated rings. The van der Waals surface area contributed by atoms with Crippen LogP contribution >= 0.6 is 22.9 Å². The molecule has 0 spiro atoms. The number of nitrogens with zero attached hydrogens (tertiary/aromatic N) is 5. The van der Waals surface area contributed by atoms with Gasteiger partial charge in [0.15, 0.2) is 0 Å². The Balaban J connectivity index is 1.35. The number of carbonyl (C=O) groups excluding carboxylic acids is 1. The highest BCUT2D eigenvalue weighted by molar-refractivity contribution is 7.91. The summed E-state index contributed by atoms with van der Waals surface area (Å²) in [6, 6.07) is 4.76. The SMILES string of the molecule is Cn1ccc(-c2nnc(NC(=O)C3CCN(S(=O)(=O)c4ccc(Cl)s4)CC3)o2)n1. The maximum atomic E-state index is 12.6. The van der Waals surface area contributed by atoms with Gasteiger partial charge in [0.25, 0.3) is 15.9 Å². The first kappa shape index (κ1) is 20.0. The van der Waals surface area contributed by atoms with Crippen LogP contribution < -0.4 is 5.32 Å².